The Morgan fingerprint density at radius 2 is 0.786 bits per heavy atom. The van der Waals surface area contributed by atoms with E-state index in [0.29, 0.717) is 19.4 Å². The fourth-order valence-electron chi connectivity index (χ4n) is 6.95. The van der Waals surface area contributed by atoms with Crippen molar-refractivity contribution < 1.29 is 23.8 Å². The van der Waals surface area contributed by atoms with Crippen LogP contribution in [-0.4, -0.2) is 37.9 Å². The zero-order chi connectivity index (χ0) is 40.7. The third kappa shape index (κ3) is 44.8. The molecule has 0 saturated carbocycles. The average Bonchev–Trinajstić information content (AvgIpc) is 3.20. The molecule has 0 amide bonds. The van der Waals surface area contributed by atoms with Gasteiger partial charge in [-0.05, 0) is 70.6 Å². The van der Waals surface area contributed by atoms with E-state index >= 15 is 0 Å². The van der Waals surface area contributed by atoms with Crippen LogP contribution in [0.5, 0.6) is 0 Å². The molecule has 0 bridgehead atoms. The van der Waals surface area contributed by atoms with Crippen molar-refractivity contribution >= 4 is 11.9 Å². The van der Waals surface area contributed by atoms with Gasteiger partial charge in [-0.15, -0.1) is 0 Å². The SMILES string of the molecule is CCC/C=C\C/C=C\CCCCCCCC(=O)OC(COCCCCCCCCCCCC)COC(=O)CCCCCCCCC/C=C\CCCCCCCC. The first kappa shape index (κ1) is 54.1. The number of carbonyl (C=O) groups excluding carboxylic acids is 2. The largest absolute Gasteiger partial charge is 0.462 e. The topological polar surface area (TPSA) is 61.8 Å². The van der Waals surface area contributed by atoms with Gasteiger partial charge in [-0.25, -0.2) is 0 Å². The lowest BCUT2D eigenvalue weighted by molar-refractivity contribution is -0.163. The van der Waals surface area contributed by atoms with Crippen molar-refractivity contribution in [2.75, 3.05) is 19.8 Å². The maximum atomic E-state index is 12.7. The van der Waals surface area contributed by atoms with E-state index in [0.717, 1.165) is 57.8 Å². The summed E-state index contributed by atoms with van der Waals surface area (Å²) in [5, 5.41) is 0. The molecular weight excluding hydrogens is 693 g/mol. The Morgan fingerprint density at radius 1 is 0.393 bits per heavy atom. The second-order valence-corrected chi connectivity index (χ2v) is 16.4. The van der Waals surface area contributed by atoms with Crippen LogP contribution in [0, 0.1) is 0 Å². The summed E-state index contributed by atoms with van der Waals surface area (Å²) in [6.45, 7) is 7.76. The molecule has 56 heavy (non-hydrogen) atoms. The van der Waals surface area contributed by atoms with Crippen LogP contribution >= 0.6 is 0 Å². The van der Waals surface area contributed by atoms with Crippen molar-refractivity contribution in [2.45, 2.75) is 258 Å². The Labute approximate surface area is 349 Å². The highest BCUT2D eigenvalue weighted by atomic mass is 16.6. The van der Waals surface area contributed by atoms with E-state index in [9.17, 15) is 9.59 Å². The fraction of sp³-hybridized carbons (Fsp3) is 0.843. The van der Waals surface area contributed by atoms with Crippen LogP contribution in [0.2, 0.25) is 0 Å². The first-order chi connectivity index (χ1) is 27.6. The summed E-state index contributed by atoms with van der Waals surface area (Å²) < 4.78 is 17.3. The highest BCUT2D eigenvalue weighted by Gasteiger charge is 2.17. The maximum absolute atomic E-state index is 12.7. The lowest BCUT2D eigenvalue weighted by Gasteiger charge is -2.18. The summed E-state index contributed by atoms with van der Waals surface area (Å²) in [6, 6.07) is 0. The van der Waals surface area contributed by atoms with Crippen LogP contribution in [0.15, 0.2) is 36.5 Å². The monoisotopic (exact) mass is 787 g/mol. The summed E-state index contributed by atoms with van der Waals surface area (Å²) in [6.07, 6.45) is 55.7. The minimum atomic E-state index is -0.538. The molecule has 0 heterocycles. The molecule has 0 radical (unpaired) electrons. The van der Waals surface area contributed by atoms with E-state index in [1.807, 2.05) is 0 Å². The number of ether oxygens (including phenoxy) is 3. The summed E-state index contributed by atoms with van der Waals surface area (Å²) in [7, 11) is 0. The Morgan fingerprint density at radius 3 is 1.27 bits per heavy atom. The molecule has 0 aromatic carbocycles. The number of esters is 2. The lowest BCUT2D eigenvalue weighted by atomic mass is 10.1. The van der Waals surface area contributed by atoms with Crippen LogP contribution in [0.25, 0.3) is 0 Å². The Balaban J connectivity index is 4.21. The molecular formula is C51H94O5. The van der Waals surface area contributed by atoms with Gasteiger partial charge in [0.25, 0.3) is 0 Å². The quantitative estimate of drug-likeness (QED) is 0.0349. The molecule has 0 fully saturated rings. The van der Waals surface area contributed by atoms with E-state index in [1.165, 1.54) is 161 Å². The number of unbranched alkanes of at least 4 members (excludes halogenated alkanes) is 28. The molecule has 0 aliphatic rings. The van der Waals surface area contributed by atoms with Crippen molar-refractivity contribution in [1.29, 1.82) is 0 Å². The average molecular weight is 787 g/mol. The molecule has 5 nitrogen and oxygen atoms in total. The van der Waals surface area contributed by atoms with Crippen molar-refractivity contribution in [3.63, 3.8) is 0 Å². The van der Waals surface area contributed by atoms with E-state index in [-0.39, 0.29) is 25.2 Å². The zero-order valence-corrected chi connectivity index (χ0v) is 37.7. The molecule has 1 atom stereocenters. The predicted molar refractivity (Wildman–Crippen MR) is 242 cm³/mol. The van der Waals surface area contributed by atoms with Gasteiger partial charge in [-0.1, -0.05) is 205 Å². The van der Waals surface area contributed by atoms with Crippen LogP contribution < -0.4 is 0 Å². The smallest absolute Gasteiger partial charge is 0.306 e. The number of allylic oxidation sites excluding steroid dienone is 6. The first-order valence-corrected chi connectivity index (χ1v) is 24.5. The zero-order valence-electron chi connectivity index (χ0n) is 37.7. The molecule has 1 unspecified atom stereocenters. The molecule has 0 spiro atoms. The highest BCUT2D eigenvalue weighted by Crippen LogP contribution is 2.14. The van der Waals surface area contributed by atoms with Crippen LogP contribution in [0.4, 0.5) is 0 Å². The van der Waals surface area contributed by atoms with Gasteiger partial charge in [0.15, 0.2) is 6.10 Å². The van der Waals surface area contributed by atoms with Gasteiger partial charge in [0.2, 0.25) is 0 Å². The number of hydrogen-bond donors (Lipinski definition) is 0. The predicted octanol–water partition coefficient (Wildman–Crippen LogP) is 16.2. The first-order valence-electron chi connectivity index (χ1n) is 24.5. The number of rotatable bonds is 45. The number of carbonyl (C=O) groups is 2. The van der Waals surface area contributed by atoms with Gasteiger partial charge in [-0.3, -0.25) is 9.59 Å². The standard InChI is InChI=1S/C51H94O5/c1-4-7-10-13-16-19-22-24-25-26-27-29-30-32-35-38-41-44-50(52)55-48-49(47-54-46-43-40-37-34-21-18-15-12-9-6-3)56-51(53)45-42-39-36-33-31-28-23-20-17-14-11-8-5-2/h11,14,20,23-25,49H,4-10,12-13,15-19,21-22,26-48H2,1-3H3/b14-11-,23-20-,25-24-. The Hall–Kier alpha value is -1.88. The maximum Gasteiger partial charge on any atom is 0.306 e. The van der Waals surface area contributed by atoms with Gasteiger partial charge in [0.05, 0.1) is 6.61 Å². The summed E-state index contributed by atoms with van der Waals surface area (Å²) in [5.74, 6) is -0.409. The second kappa shape index (κ2) is 47.5. The summed E-state index contributed by atoms with van der Waals surface area (Å²) in [5.41, 5.74) is 0. The van der Waals surface area contributed by atoms with Crippen LogP contribution in [0.1, 0.15) is 252 Å². The molecule has 0 saturated heterocycles. The molecule has 0 N–H and O–H groups in total. The van der Waals surface area contributed by atoms with Gasteiger partial charge in [0, 0.05) is 19.4 Å². The van der Waals surface area contributed by atoms with Crippen molar-refractivity contribution in [1.82, 2.24) is 0 Å². The van der Waals surface area contributed by atoms with E-state index in [2.05, 4.69) is 57.2 Å². The molecule has 0 aromatic heterocycles. The molecule has 0 aromatic rings. The van der Waals surface area contributed by atoms with Gasteiger partial charge < -0.3 is 14.2 Å². The Bertz CT molecular complexity index is 893. The molecule has 328 valence electrons. The third-order valence-corrected chi connectivity index (χ3v) is 10.6. The lowest BCUT2D eigenvalue weighted by Crippen LogP contribution is -2.30. The van der Waals surface area contributed by atoms with E-state index in [4.69, 9.17) is 14.2 Å². The summed E-state index contributed by atoms with van der Waals surface area (Å²) >= 11 is 0. The number of hydrogen-bond acceptors (Lipinski definition) is 5. The van der Waals surface area contributed by atoms with Crippen molar-refractivity contribution in [3.8, 4) is 0 Å². The Kier molecular flexibility index (Phi) is 45.9. The van der Waals surface area contributed by atoms with Crippen LogP contribution in [-0.2, 0) is 23.8 Å². The second-order valence-electron chi connectivity index (χ2n) is 16.4. The minimum Gasteiger partial charge on any atom is -0.462 e. The van der Waals surface area contributed by atoms with Gasteiger partial charge in [-0.2, -0.15) is 0 Å². The van der Waals surface area contributed by atoms with Gasteiger partial charge >= 0.3 is 11.9 Å². The normalized spacial score (nSPS) is 12.4. The molecule has 0 aliphatic heterocycles. The van der Waals surface area contributed by atoms with E-state index < -0.39 is 6.10 Å². The molecule has 5 heteroatoms. The third-order valence-electron chi connectivity index (χ3n) is 10.6. The molecule has 0 rings (SSSR count). The fourth-order valence-corrected chi connectivity index (χ4v) is 6.95. The van der Waals surface area contributed by atoms with Crippen LogP contribution in [0.3, 0.4) is 0 Å². The van der Waals surface area contributed by atoms with Gasteiger partial charge in [0.1, 0.15) is 6.61 Å². The molecule has 0 aliphatic carbocycles. The summed E-state index contributed by atoms with van der Waals surface area (Å²) in [4.78, 5) is 25.3. The minimum absolute atomic E-state index is 0.0813. The highest BCUT2D eigenvalue weighted by molar-refractivity contribution is 5.70. The van der Waals surface area contributed by atoms with E-state index in [1.54, 1.807) is 0 Å². The van der Waals surface area contributed by atoms with Crippen molar-refractivity contribution in [2.24, 2.45) is 0 Å². The van der Waals surface area contributed by atoms with Crippen molar-refractivity contribution in [3.05, 3.63) is 36.5 Å².